The van der Waals surface area contributed by atoms with Gasteiger partial charge in [0.1, 0.15) is 5.69 Å². The number of nitrogens with one attached hydrogen (secondary N) is 1. The molecule has 4 nitrogen and oxygen atoms in total. The summed E-state index contributed by atoms with van der Waals surface area (Å²) in [7, 11) is 0. The van der Waals surface area contributed by atoms with Crippen LogP contribution in [0.3, 0.4) is 0 Å². The van der Waals surface area contributed by atoms with Crippen LogP contribution in [0.4, 0.5) is 13.2 Å². The lowest BCUT2D eigenvalue weighted by Crippen LogP contribution is -2.26. The molecule has 1 amide bonds. The molecule has 0 bridgehead atoms. The topological polar surface area (TPSA) is 54.4 Å². The van der Waals surface area contributed by atoms with Crippen molar-refractivity contribution < 1.29 is 18.0 Å². The first-order valence-electron chi connectivity index (χ1n) is 9.25. The number of amides is 1. The second-order valence-electron chi connectivity index (χ2n) is 7.24. The van der Waals surface area contributed by atoms with E-state index in [0.717, 1.165) is 18.4 Å². The van der Waals surface area contributed by atoms with Crippen molar-refractivity contribution in [3.8, 4) is 0 Å². The van der Waals surface area contributed by atoms with E-state index in [9.17, 15) is 18.0 Å². The zero-order valence-corrected chi connectivity index (χ0v) is 16.4. The predicted molar refractivity (Wildman–Crippen MR) is 108 cm³/mol. The van der Waals surface area contributed by atoms with Gasteiger partial charge in [-0.15, -0.1) is 0 Å². The van der Waals surface area contributed by atoms with Gasteiger partial charge in [-0.25, -0.2) is 4.98 Å². The van der Waals surface area contributed by atoms with Crippen LogP contribution in [0.1, 0.15) is 52.9 Å². The van der Waals surface area contributed by atoms with Gasteiger partial charge < -0.3 is 5.32 Å². The van der Waals surface area contributed by atoms with E-state index in [1.807, 2.05) is 0 Å². The Morgan fingerprint density at radius 2 is 2.03 bits per heavy atom. The van der Waals surface area contributed by atoms with Crippen LogP contribution in [0.15, 0.2) is 47.1 Å². The van der Waals surface area contributed by atoms with Gasteiger partial charge in [-0.2, -0.15) is 13.2 Å². The van der Waals surface area contributed by atoms with E-state index >= 15 is 0 Å². The van der Waals surface area contributed by atoms with Crippen LogP contribution in [0.2, 0.25) is 0 Å². The molecular formula is C22H22F3N3O. The molecule has 1 N–H and O–H groups in total. The van der Waals surface area contributed by atoms with Gasteiger partial charge in [0.25, 0.3) is 5.91 Å². The second kappa shape index (κ2) is 7.81. The molecule has 3 rings (SSSR count). The van der Waals surface area contributed by atoms with Crippen molar-refractivity contribution in [3.63, 3.8) is 0 Å². The molecule has 7 heteroatoms. The average molecular weight is 401 g/mol. The predicted octanol–water partition coefficient (Wildman–Crippen LogP) is 5.33. The molecule has 0 unspecified atom stereocenters. The van der Waals surface area contributed by atoms with Gasteiger partial charge in [0, 0.05) is 5.39 Å². The molecule has 0 radical (unpaired) electrons. The number of allylic oxidation sites excluding steroid dienone is 2. The van der Waals surface area contributed by atoms with Crippen molar-refractivity contribution >= 4 is 23.5 Å². The van der Waals surface area contributed by atoms with E-state index in [1.54, 1.807) is 26.0 Å². The fraction of sp³-hybridized carbons (Fsp3) is 0.318. The normalized spacial score (nSPS) is 15.1. The lowest BCUT2D eigenvalue weighted by Gasteiger charge is -2.15. The highest BCUT2D eigenvalue weighted by atomic mass is 19.4. The van der Waals surface area contributed by atoms with E-state index < -0.39 is 17.6 Å². The highest BCUT2D eigenvalue weighted by Gasteiger charge is 2.36. The molecule has 0 saturated heterocycles. The van der Waals surface area contributed by atoms with Crippen LogP contribution < -0.4 is 5.32 Å². The summed E-state index contributed by atoms with van der Waals surface area (Å²) in [6.45, 7) is 10.6. The molecule has 1 aromatic carbocycles. The lowest BCUT2D eigenvalue weighted by molar-refractivity contribution is -0.136. The van der Waals surface area contributed by atoms with Gasteiger partial charge in [0.2, 0.25) is 0 Å². The van der Waals surface area contributed by atoms with Crippen LogP contribution >= 0.6 is 0 Å². The zero-order valence-electron chi connectivity index (χ0n) is 16.4. The number of benzene rings is 1. The van der Waals surface area contributed by atoms with Gasteiger partial charge in [0.15, 0.2) is 0 Å². The second-order valence-corrected chi connectivity index (χ2v) is 7.24. The number of hydrogen-bond donors (Lipinski definition) is 1. The standard InChI is InChI=1S/C22H22F3N3O/c1-5-12(2)19(26-4)11-27-21(29)18-8-13(3)16-9-15(14-6-7-14)10-17(20(16)28-18)22(23,24)25/h5,8-10,14H,1,4,6-7,11H2,2-3H3,(H,27,29)/b19-12-. The fourth-order valence-electron chi connectivity index (χ4n) is 3.19. The molecule has 0 aliphatic heterocycles. The van der Waals surface area contributed by atoms with Crippen LogP contribution in [0.5, 0.6) is 0 Å². The molecule has 1 heterocycles. The van der Waals surface area contributed by atoms with E-state index in [-0.39, 0.29) is 23.7 Å². The Labute approximate surface area is 167 Å². The van der Waals surface area contributed by atoms with E-state index in [1.165, 1.54) is 12.1 Å². The number of aromatic nitrogens is 1. The lowest BCUT2D eigenvalue weighted by atomic mass is 9.98. The van der Waals surface area contributed by atoms with Crippen molar-refractivity contribution in [2.45, 2.75) is 38.8 Å². The third-order valence-corrected chi connectivity index (χ3v) is 5.10. The molecule has 0 spiro atoms. The van der Waals surface area contributed by atoms with E-state index in [4.69, 9.17) is 0 Å². The number of rotatable bonds is 6. The molecule has 29 heavy (non-hydrogen) atoms. The minimum Gasteiger partial charge on any atom is -0.345 e. The number of fused-ring (bicyclic) bond motifs is 1. The summed E-state index contributed by atoms with van der Waals surface area (Å²) in [5.41, 5.74) is 1.45. The minimum absolute atomic E-state index is 0.0701. The molecule has 1 fully saturated rings. The Morgan fingerprint density at radius 3 is 2.59 bits per heavy atom. The van der Waals surface area contributed by atoms with Gasteiger partial charge >= 0.3 is 6.18 Å². The monoisotopic (exact) mass is 401 g/mol. The minimum atomic E-state index is -4.55. The number of pyridine rings is 1. The number of carbonyl (C=O) groups is 1. The van der Waals surface area contributed by atoms with Crippen LogP contribution in [-0.4, -0.2) is 24.2 Å². The summed E-state index contributed by atoms with van der Waals surface area (Å²) in [6, 6.07) is 4.45. The van der Waals surface area contributed by atoms with Crippen molar-refractivity contribution in [1.29, 1.82) is 0 Å². The maximum absolute atomic E-state index is 13.7. The highest BCUT2D eigenvalue weighted by molar-refractivity contribution is 5.97. The smallest absolute Gasteiger partial charge is 0.345 e. The fourth-order valence-corrected chi connectivity index (χ4v) is 3.19. The largest absolute Gasteiger partial charge is 0.418 e. The number of nitrogens with zero attached hydrogens (tertiary/aromatic N) is 2. The maximum Gasteiger partial charge on any atom is 0.418 e. The quantitative estimate of drug-likeness (QED) is 0.525. The molecule has 152 valence electrons. The van der Waals surface area contributed by atoms with Crippen molar-refractivity contribution in [1.82, 2.24) is 10.3 Å². The summed E-state index contributed by atoms with van der Waals surface area (Å²) in [5.74, 6) is -0.403. The molecule has 2 aromatic rings. The zero-order chi connectivity index (χ0) is 21.3. The molecule has 1 aromatic heterocycles. The number of aryl methyl sites for hydroxylation is 1. The molecule has 1 aliphatic rings. The van der Waals surface area contributed by atoms with Gasteiger partial charge in [-0.3, -0.25) is 9.79 Å². The summed E-state index contributed by atoms with van der Waals surface area (Å²) < 4.78 is 41.1. The molecule has 1 saturated carbocycles. The van der Waals surface area contributed by atoms with Crippen LogP contribution in [-0.2, 0) is 6.18 Å². The van der Waals surface area contributed by atoms with Gasteiger partial charge in [0.05, 0.1) is 23.3 Å². The number of hydrogen-bond acceptors (Lipinski definition) is 3. The number of aliphatic imine (C=N–C) groups is 1. The Balaban J connectivity index is 2.02. The Hall–Kier alpha value is -2.96. The highest BCUT2D eigenvalue weighted by Crippen LogP contribution is 2.44. The van der Waals surface area contributed by atoms with E-state index in [2.05, 4.69) is 28.6 Å². The summed E-state index contributed by atoms with van der Waals surface area (Å²) in [6.07, 6.45) is -1.18. The molecular weight excluding hydrogens is 379 g/mol. The average Bonchev–Trinajstić information content (AvgIpc) is 3.51. The SMILES string of the molecule is C=C/C(C)=C(/CNC(=O)c1cc(C)c2cc(C3CC3)cc(C(F)(F)F)c2n1)N=C. The third kappa shape index (κ3) is 4.39. The third-order valence-electron chi connectivity index (χ3n) is 5.10. The Bertz CT molecular complexity index is 1030. The summed E-state index contributed by atoms with van der Waals surface area (Å²) in [5, 5.41) is 3.06. The summed E-state index contributed by atoms with van der Waals surface area (Å²) >= 11 is 0. The van der Waals surface area contributed by atoms with E-state index in [0.29, 0.717) is 22.2 Å². The number of halogens is 3. The molecule has 1 aliphatic carbocycles. The maximum atomic E-state index is 13.7. The van der Waals surface area contributed by atoms with Crippen molar-refractivity contribution in [3.05, 3.63) is 64.5 Å². The first-order chi connectivity index (χ1) is 13.7. The molecule has 0 atom stereocenters. The van der Waals surface area contributed by atoms with Crippen LogP contribution in [0, 0.1) is 6.92 Å². The van der Waals surface area contributed by atoms with Crippen LogP contribution in [0.25, 0.3) is 10.9 Å². The first-order valence-corrected chi connectivity index (χ1v) is 9.25. The Morgan fingerprint density at radius 1 is 1.34 bits per heavy atom. The number of alkyl halides is 3. The van der Waals surface area contributed by atoms with Crippen molar-refractivity contribution in [2.75, 3.05) is 6.54 Å². The Kier molecular flexibility index (Phi) is 5.59. The summed E-state index contributed by atoms with van der Waals surface area (Å²) in [4.78, 5) is 20.5. The first kappa shape index (κ1) is 20.8. The van der Waals surface area contributed by atoms with Crippen molar-refractivity contribution in [2.24, 2.45) is 4.99 Å². The number of carbonyl (C=O) groups excluding carboxylic acids is 1. The van der Waals surface area contributed by atoms with Gasteiger partial charge in [-0.1, -0.05) is 12.7 Å². The van der Waals surface area contributed by atoms with Gasteiger partial charge in [-0.05, 0) is 74.2 Å².